The lowest BCUT2D eigenvalue weighted by Crippen LogP contribution is -2.20. The highest BCUT2D eigenvalue weighted by molar-refractivity contribution is 7.84. The number of nitrogens with zero attached hydrogens (tertiary/aromatic N) is 2. The molecule has 0 spiro atoms. The van der Waals surface area contributed by atoms with Gasteiger partial charge in [0.05, 0.1) is 6.61 Å². The minimum Gasteiger partial charge on any atom is -0.370 e. The van der Waals surface area contributed by atoms with Crippen molar-refractivity contribution in [1.29, 1.82) is 5.41 Å². The van der Waals surface area contributed by atoms with Crippen molar-refractivity contribution in [2.45, 2.75) is 25.7 Å². The van der Waals surface area contributed by atoms with Crippen LogP contribution in [0.4, 0.5) is 10.2 Å². The molecule has 3 aromatic rings. The number of hydrogen-bond donors (Lipinski definition) is 3. The van der Waals surface area contributed by atoms with Gasteiger partial charge in [-0.3, -0.25) is 4.18 Å². The van der Waals surface area contributed by atoms with Crippen LogP contribution in [0.1, 0.15) is 30.7 Å². The Morgan fingerprint density at radius 3 is 2.73 bits per heavy atom. The second kappa shape index (κ2) is 9.90. The van der Waals surface area contributed by atoms with Crippen molar-refractivity contribution in [1.82, 2.24) is 9.97 Å². The highest BCUT2D eigenvalue weighted by Crippen LogP contribution is 2.31. The molecule has 8 nitrogen and oxygen atoms in total. The molecule has 1 heterocycles. The molecule has 1 saturated carbocycles. The summed E-state index contributed by atoms with van der Waals surface area (Å²) in [5, 5.41) is 18.3. The summed E-state index contributed by atoms with van der Waals surface area (Å²) < 4.78 is 40.0. The average Bonchev–Trinajstić information content (AvgIpc) is 3.24. The van der Waals surface area contributed by atoms with Gasteiger partial charge in [-0.15, -0.1) is 0 Å². The van der Waals surface area contributed by atoms with Gasteiger partial charge in [-0.05, 0) is 71.7 Å². The number of aromatic nitrogens is 2. The highest BCUT2D eigenvalue weighted by atomic mass is 32.2. The van der Waals surface area contributed by atoms with Gasteiger partial charge < -0.3 is 10.7 Å². The SMILES string of the molecule is N=C(Cc1nccc(NCC2CCC(COS(N)(=O)=O)C2)n1)c1ccc2cc(F)ccc2c1. The Hall–Kier alpha value is -2.95. The number of rotatable bonds is 9. The number of fused-ring (bicyclic) bond motifs is 1. The van der Waals surface area contributed by atoms with Gasteiger partial charge in [0.15, 0.2) is 0 Å². The number of anilines is 1. The van der Waals surface area contributed by atoms with Gasteiger partial charge in [0, 0.05) is 24.9 Å². The van der Waals surface area contributed by atoms with Crippen LogP contribution in [0.2, 0.25) is 0 Å². The minimum atomic E-state index is -3.90. The Kier molecular flexibility index (Phi) is 6.96. The van der Waals surface area contributed by atoms with E-state index in [1.54, 1.807) is 18.3 Å². The van der Waals surface area contributed by atoms with Gasteiger partial charge in [0.1, 0.15) is 17.5 Å². The molecule has 33 heavy (non-hydrogen) atoms. The third kappa shape index (κ3) is 6.53. The van der Waals surface area contributed by atoms with Crippen LogP contribution in [-0.2, 0) is 20.9 Å². The fraction of sp³-hybridized carbons (Fsp3) is 0.348. The Labute approximate surface area is 192 Å². The second-order valence-corrected chi connectivity index (χ2v) is 9.64. The lowest BCUT2D eigenvalue weighted by molar-refractivity contribution is 0.254. The molecule has 0 radical (unpaired) electrons. The van der Waals surface area contributed by atoms with Crippen molar-refractivity contribution in [3.8, 4) is 0 Å². The standard InChI is InChI=1S/C23H26FN5O3S/c24-20-6-5-17-10-19(4-3-18(17)11-20)21(25)12-23-27-8-7-22(29-23)28-13-15-1-2-16(9-15)14-32-33(26,30)31/h3-8,10-11,15-16,25H,1-2,9,12-14H2,(H2,26,30,31)(H,27,28,29). The number of nitrogens with two attached hydrogens (primary N) is 1. The number of hydrogen-bond acceptors (Lipinski definition) is 7. The van der Waals surface area contributed by atoms with Crippen LogP contribution in [0.5, 0.6) is 0 Å². The predicted molar refractivity (Wildman–Crippen MR) is 125 cm³/mol. The molecule has 4 rings (SSSR count). The van der Waals surface area contributed by atoms with Crippen LogP contribution in [-0.4, -0.2) is 37.2 Å². The molecule has 1 aliphatic rings. The molecule has 0 saturated heterocycles. The van der Waals surface area contributed by atoms with Crippen LogP contribution >= 0.6 is 0 Å². The Morgan fingerprint density at radius 2 is 1.91 bits per heavy atom. The monoisotopic (exact) mass is 471 g/mol. The first-order chi connectivity index (χ1) is 15.7. The maximum Gasteiger partial charge on any atom is 0.333 e. The molecule has 174 valence electrons. The smallest absolute Gasteiger partial charge is 0.333 e. The lowest BCUT2D eigenvalue weighted by atomic mass is 10.0. The first-order valence-corrected chi connectivity index (χ1v) is 12.2. The van der Waals surface area contributed by atoms with Gasteiger partial charge in [-0.2, -0.15) is 8.42 Å². The van der Waals surface area contributed by atoms with Crippen molar-refractivity contribution in [2.24, 2.45) is 17.0 Å². The summed E-state index contributed by atoms with van der Waals surface area (Å²) in [7, 11) is -3.90. The van der Waals surface area contributed by atoms with E-state index in [1.807, 2.05) is 18.2 Å². The average molecular weight is 472 g/mol. The van der Waals surface area contributed by atoms with Crippen molar-refractivity contribution in [3.05, 3.63) is 65.9 Å². The van der Waals surface area contributed by atoms with Gasteiger partial charge in [0.2, 0.25) is 0 Å². The zero-order chi connectivity index (χ0) is 23.4. The van der Waals surface area contributed by atoms with Gasteiger partial charge >= 0.3 is 10.3 Å². The largest absolute Gasteiger partial charge is 0.370 e. The Morgan fingerprint density at radius 1 is 1.15 bits per heavy atom. The number of benzene rings is 2. The summed E-state index contributed by atoms with van der Waals surface area (Å²) in [5.74, 6) is 1.50. The molecule has 2 unspecified atom stereocenters. The normalized spacial score (nSPS) is 18.5. The van der Waals surface area contributed by atoms with Crippen molar-refractivity contribution in [3.63, 3.8) is 0 Å². The van der Waals surface area contributed by atoms with E-state index in [9.17, 15) is 12.8 Å². The first-order valence-electron chi connectivity index (χ1n) is 10.8. The second-order valence-electron chi connectivity index (χ2n) is 8.42. The molecule has 0 aliphatic heterocycles. The van der Waals surface area contributed by atoms with Crippen LogP contribution in [0.3, 0.4) is 0 Å². The zero-order valence-electron chi connectivity index (χ0n) is 18.0. The molecular weight excluding hydrogens is 445 g/mol. The fourth-order valence-corrected chi connectivity index (χ4v) is 4.58. The number of halogens is 1. The van der Waals surface area contributed by atoms with Crippen molar-refractivity contribution in [2.75, 3.05) is 18.5 Å². The van der Waals surface area contributed by atoms with Crippen LogP contribution in [0, 0.1) is 23.1 Å². The van der Waals surface area contributed by atoms with Crippen LogP contribution < -0.4 is 10.5 Å². The highest BCUT2D eigenvalue weighted by Gasteiger charge is 2.26. The van der Waals surface area contributed by atoms with Crippen molar-refractivity contribution < 1.29 is 17.0 Å². The maximum atomic E-state index is 13.4. The van der Waals surface area contributed by atoms with E-state index < -0.39 is 10.3 Å². The van der Waals surface area contributed by atoms with E-state index in [1.165, 1.54) is 12.1 Å². The molecule has 1 fully saturated rings. The lowest BCUT2D eigenvalue weighted by Gasteiger charge is -2.13. The molecule has 0 bridgehead atoms. The quantitative estimate of drug-likeness (QED) is 0.410. The molecule has 1 aliphatic carbocycles. The third-order valence-electron chi connectivity index (χ3n) is 5.88. The van der Waals surface area contributed by atoms with Crippen LogP contribution in [0.15, 0.2) is 48.7 Å². The number of nitrogens with one attached hydrogen (secondary N) is 2. The van der Waals surface area contributed by atoms with Crippen LogP contribution in [0.25, 0.3) is 10.8 Å². The fourth-order valence-electron chi connectivity index (χ4n) is 4.20. The van der Waals surface area contributed by atoms with Crippen molar-refractivity contribution >= 4 is 32.6 Å². The van der Waals surface area contributed by atoms with E-state index in [4.69, 9.17) is 14.7 Å². The molecule has 2 aromatic carbocycles. The summed E-state index contributed by atoms with van der Waals surface area (Å²) >= 11 is 0. The first kappa shape index (κ1) is 23.2. The Bertz CT molecular complexity index is 1270. The molecule has 1 aromatic heterocycles. The van der Waals surface area contributed by atoms with Gasteiger partial charge in [0.25, 0.3) is 0 Å². The summed E-state index contributed by atoms with van der Waals surface area (Å²) in [6.45, 7) is 0.833. The summed E-state index contributed by atoms with van der Waals surface area (Å²) in [6.07, 6.45) is 4.67. The molecule has 10 heteroatoms. The zero-order valence-corrected chi connectivity index (χ0v) is 18.8. The van der Waals surface area contributed by atoms with Gasteiger partial charge in [-0.1, -0.05) is 18.2 Å². The van der Waals surface area contributed by atoms with E-state index in [2.05, 4.69) is 15.3 Å². The summed E-state index contributed by atoms with van der Waals surface area (Å²) in [4.78, 5) is 8.82. The van der Waals surface area contributed by atoms with E-state index in [0.717, 1.165) is 35.6 Å². The minimum absolute atomic E-state index is 0.124. The van der Waals surface area contributed by atoms with E-state index in [-0.39, 0.29) is 24.8 Å². The van der Waals surface area contributed by atoms with E-state index in [0.29, 0.717) is 29.8 Å². The molecule has 0 amide bonds. The Balaban J connectivity index is 1.32. The van der Waals surface area contributed by atoms with E-state index >= 15 is 0 Å². The topological polar surface area (TPSA) is 131 Å². The maximum absolute atomic E-state index is 13.4. The molecule has 2 atom stereocenters. The third-order valence-corrected chi connectivity index (χ3v) is 6.35. The summed E-state index contributed by atoms with van der Waals surface area (Å²) in [5.41, 5.74) is 1.13. The molecule has 4 N–H and O–H groups in total. The van der Waals surface area contributed by atoms with Gasteiger partial charge in [-0.25, -0.2) is 19.5 Å². The summed E-state index contributed by atoms with van der Waals surface area (Å²) in [6, 6.07) is 11.9. The predicted octanol–water partition coefficient (Wildman–Crippen LogP) is 3.43. The molecular formula is C23H26FN5O3S.